The van der Waals surface area contributed by atoms with Crippen molar-refractivity contribution in [2.24, 2.45) is 0 Å². The second-order valence-electron chi connectivity index (χ2n) is 7.33. The van der Waals surface area contributed by atoms with Crippen molar-refractivity contribution in [2.75, 3.05) is 20.1 Å². The molecular formula is C20H24N2O2S. The fourth-order valence-electron chi connectivity index (χ4n) is 4.05. The smallest absolute Gasteiger partial charge is 0.264 e. The molecule has 1 aromatic rings. The van der Waals surface area contributed by atoms with Crippen LogP contribution in [0.3, 0.4) is 0 Å². The lowest BCUT2D eigenvalue weighted by Crippen LogP contribution is -2.38. The second-order valence-corrected chi connectivity index (χ2v) is 9.14. The van der Waals surface area contributed by atoms with Gasteiger partial charge in [0, 0.05) is 25.2 Å². The van der Waals surface area contributed by atoms with Gasteiger partial charge in [-0.1, -0.05) is 35.4 Å². The first-order valence-electron chi connectivity index (χ1n) is 8.78. The minimum atomic E-state index is -3.54. The molecule has 1 aliphatic carbocycles. The van der Waals surface area contributed by atoms with Gasteiger partial charge in [0.1, 0.15) is 0 Å². The summed E-state index contributed by atoms with van der Waals surface area (Å²) in [6.07, 6.45) is 5.85. The van der Waals surface area contributed by atoms with Gasteiger partial charge in [0.2, 0.25) is 0 Å². The third-order valence-electron chi connectivity index (χ3n) is 5.39. The summed E-state index contributed by atoms with van der Waals surface area (Å²) in [5.41, 5.74) is 5.69. The molecule has 3 aliphatic rings. The highest BCUT2D eigenvalue weighted by molar-refractivity contribution is 7.89. The molecule has 25 heavy (non-hydrogen) atoms. The van der Waals surface area contributed by atoms with Gasteiger partial charge in [-0.25, -0.2) is 8.42 Å². The molecule has 1 atom stereocenters. The standard InChI is InChI=1S/C20H24N2O2S/c1-14-4-7-16(8-5-14)25(23,24)22-19-9-6-15(2)12-17(19)18-13-21(3)11-10-20(18)22/h4-8,12,19H,9-11,13H2,1-3H3. The largest absolute Gasteiger partial charge is 0.302 e. The van der Waals surface area contributed by atoms with Crippen LogP contribution in [0.25, 0.3) is 0 Å². The van der Waals surface area contributed by atoms with Crippen molar-refractivity contribution in [2.45, 2.75) is 37.6 Å². The zero-order valence-corrected chi connectivity index (χ0v) is 15.8. The van der Waals surface area contributed by atoms with Crippen molar-refractivity contribution in [1.82, 2.24) is 9.21 Å². The molecule has 1 aromatic carbocycles. The number of likely N-dealkylation sites (N-methyl/N-ethyl adjacent to an activating group) is 1. The fourth-order valence-corrected chi connectivity index (χ4v) is 5.78. The molecule has 4 nitrogen and oxygen atoms in total. The van der Waals surface area contributed by atoms with Gasteiger partial charge in [0.15, 0.2) is 0 Å². The molecule has 0 N–H and O–H groups in total. The fraction of sp³-hybridized carbons (Fsp3) is 0.400. The lowest BCUT2D eigenvalue weighted by molar-refractivity contribution is 0.333. The molecule has 0 aromatic heterocycles. The summed E-state index contributed by atoms with van der Waals surface area (Å²) in [6, 6.07) is 7.10. The van der Waals surface area contributed by atoms with Crippen LogP contribution >= 0.6 is 0 Å². The highest BCUT2D eigenvalue weighted by Crippen LogP contribution is 2.44. The molecule has 0 spiro atoms. The molecule has 132 valence electrons. The van der Waals surface area contributed by atoms with Crippen LogP contribution in [-0.4, -0.2) is 43.8 Å². The van der Waals surface area contributed by atoms with E-state index in [9.17, 15) is 8.42 Å². The molecular weight excluding hydrogens is 332 g/mol. The summed E-state index contributed by atoms with van der Waals surface area (Å²) >= 11 is 0. The summed E-state index contributed by atoms with van der Waals surface area (Å²) in [7, 11) is -1.45. The van der Waals surface area contributed by atoms with E-state index < -0.39 is 10.0 Å². The van der Waals surface area contributed by atoms with Crippen LogP contribution in [0.15, 0.2) is 63.7 Å². The normalized spacial score (nSPS) is 24.0. The second kappa shape index (κ2) is 5.85. The first kappa shape index (κ1) is 16.6. The topological polar surface area (TPSA) is 40.6 Å². The van der Waals surface area contributed by atoms with E-state index in [4.69, 9.17) is 0 Å². The van der Waals surface area contributed by atoms with Crippen molar-refractivity contribution in [3.8, 4) is 0 Å². The Bertz CT molecular complexity index is 908. The van der Waals surface area contributed by atoms with Crippen LogP contribution in [0.1, 0.15) is 25.3 Å². The highest BCUT2D eigenvalue weighted by Gasteiger charge is 2.44. The maximum atomic E-state index is 13.4. The summed E-state index contributed by atoms with van der Waals surface area (Å²) in [5.74, 6) is 0. The summed E-state index contributed by atoms with van der Waals surface area (Å²) in [5, 5.41) is 0. The van der Waals surface area contributed by atoms with Crippen molar-refractivity contribution < 1.29 is 8.42 Å². The van der Waals surface area contributed by atoms with Gasteiger partial charge < -0.3 is 4.90 Å². The van der Waals surface area contributed by atoms with E-state index in [2.05, 4.69) is 31.0 Å². The summed E-state index contributed by atoms with van der Waals surface area (Å²) < 4.78 is 28.6. The lowest BCUT2D eigenvalue weighted by atomic mass is 9.91. The highest BCUT2D eigenvalue weighted by atomic mass is 32.2. The Labute approximate surface area is 150 Å². The molecule has 0 bridgehead atoms. The first-order chi connectivity index (χ1) is 11.9. The van der Waals surface area contributed by atoms with Crippen LogP contribution in [0.4, 0.5) is 0 Å². The number of hydrogen-bond donors (Lipinski definition) is 0. The van der Waals surface area contributed by atoms with Gasteiger partial charge in [-0.05, 0) is 50.6 Å². The maximum Gasteiger partial charge on any atom is 0.264 e. The Morgan fingerprint density at radius 3 is 2.56 bits per heavy atom. The van der Waals surface area contributed by atoms with E-state index in [0.717, 1.165) is 37.2 Å². The van der Waals surface area contributed by atoms with Crippen molar-refractivity contribution >= 4 is 10.0 Å². The average molecular weight is 356 g/mol. The van der Waals surface area contributed by atoms with Crippen LogP contribution in [0.2, 0.25) is 0 Å². The van der Waals surface area contributed by atoms with E-state index >= 15 is 0 Å². The van der Waals surface area contributed by atoms with Crippen molar-refractivity contribution in [1.29, 1.82) is 0 Å². The number of allylic oxidation sites excluding steroid dienone is 2. The molecule has 5 heteroatoms. The van der Waals surface area contributed by atoms with E-state index in [1.807, 2.05) is 19.1 Å². The molecule has 0 fully saturated rings. The Morgan fingerprint density at radius 1 is 1.12 bits per heavy atom. The Hall–Kier alpha value is -1.85. The molecule has 0 radical (unpaired) electrons. The van der Waals surface area contributed by atoms with E-state index in [1.54, 1.807) is 16.4 Å². The van der Waals surface area contributed by atoms with Gasteiger partial charge >= 0.3 is 0 Å². The van der Waals surface area contributed by atoms with Crippen LogP contribution in [0, 0.1) is 6.92 Å². The zero-order chi connectivity index (χ0) is 17.8. The molecule has 1 unspecified atom stereocenters. The van der Waals surface area contributed by atoms with Crippen LogP contribution in [-0.2, 0) is 10.0 Å². The van der Waals surface area contributed by atoms with Gasteiger partial charge in [0.25, 0.3) is 10.0 Å². The van der Waals surface area contributed by atoms with Gasteiger partial charge in [-0.2, -0.15) is 0 Å². The SMILES string of the molecule is CC1=CCC2C(=C1)C1=C(CCN(C)C1)N2S(=O)(=O)c1ccc(C)cc1. The predicted octanol–water partition coefficient (Wildman–Crippen LogP) is 3.23. The third kappa shape index (κ3) is 2.66. The predicted molar refractivity (Wildman–Crippen MR) is 99.6 cm³/mol. The van der Waals surface area contributed by atoms with Gasteiger partial charge in [0.05, 0.1) is 10.9 Å². The molecule has 2 heterocycles. The number of benzene rings is 1. The van der Waals surface area contributed by atoms with Crippen molar-refractivity contribution in [3.63, 3.8) is 0 Å². The first-order valence-corrected chi connectivity index (χ1v) is 10.2. The van der Waals surface area contributed by atoms with Crippen molar-refractivity contribution in [3.05, 3.63) is 64.4 Å². The Kier molecular flexibility index (Phi) is 3.89. The number of sulfonamides is 1. The minimum Gasteiger partial charge on any atom is -0.302 e. The molecule has 2 aliphatic heterocycles. The Balaban J connectivity index is 1.84. The van der Waals surface area contributed by atoms with Crippen LogP contribution in [0.5, 0.6) is 0 Å². The number of aryl methyl sites for hydroxylation is 1. The monoisotopic (exact) mass is 356 g/mol. The average Bonchev–Trinajstić information content (AvgIpc) is 2.89. The lowest BCUT2D eigenvalue weighted by Gasteiger charge is -2.31. The van der Waals surface area contributed by atoms with E-state index in [-0.39, 0.29) is 6.04 Å². The van der Waals surface area contributed by atoms with Crippen LogP contribution < -0.4 is 0 Å². The van der Waals surface area contributed by atoms with Gasteiger partial charge in [-0.15, -0.1) is 0 Å². The number of hydrogen-bond acceptors (Lipinski definition) is 3. The number of fused-ring (bicyclic) bond motifs is 2. The molecule has 4 rings (SSSR count). The minimum absolute atomic E-state index is 0.0912. The summed E-state index contributed by atoms with van der Waals surface area (Å²) in [4.78, 5) is 2.66. The maximum absolute atomic E-state index is 13.4. The van der Waals surface area contributed by atoms with Gasteiger partial charge in [-0.3, -0.25) is 4.31 Å². The molecule has 0 saturated carbocycles. The van der Waals surface area contributed by atoms with E-state index in [0.29, 0.717) is 4.90 Å². The Morgan fingerprint density at radius 2 is 1.84 bits per heavy atom. The third-order valence-corrected chi connectivity index (χ3v) is 7.25. The number of nitrogens with zero attached hydrogens (tertiary/aromatic N) is 2. The zero-order valence-electron chi connectivity index (χ0n) is 15.0. The van der Waals surface area contributed by atoms with E-state index in [1.165, 1.54) is 16.7 Å². The summed E-state index contributed by atoms with van der Waals surface area (Å²) in [6.45, 7) is 5.78. The quantitative estimate of drug-likeness (QED) is 0.817. The molecule has 0 amide bonds. The molecule has 0 saturated heterocycles. The number of rotatable bonds is 2.